The molecule has 25 heavy (non-hydrogen) atoms. The predicted molar refractivity (Wildman–Crippen MR) is 110 cm³/mol. The van der Waals surface area contributed by atoms with E-state index in [-0.39, 0.29) is 18.2 Å². The first-order valence-corrected chi connectivity index (χ1v) is 9.64. The van der Waals surface area contributed by atoms with Crippen molar-refractivity contribution >= 4 is 62.7 Å². The number of amidine groups is 1. The molecule has 128 valence electrons. The topological polar surface area (TPSA) is 70.6 Å². The van der Waals surface area contributed by atoms with Crippen LogP contribution in [0.3, 0.4) is 0 Å². The number of hydrogen-bond acceptors (Lipinski definition) is 4. The summed E-state index contributed by atoms with van der Waals surface area (Å²) in [7, 11) is 0. The van der Waals surface area contributed by atoms with Crippen molar-refractivity contribution in [3.63, 3.8) is 0 Å². The molecule has 3 rings (SSSR count). The maximum Gasteiger partial charge on any atom is 0.240 e. The molecule has 0 radical (unpaired) electrons. The molecule has 0 unspecified atom stereocenters. The zero-order valence-corrected chi connectivity index (χ0v) is 16.4. The molecule has 2 aromatic rings. The van der Waals surface area contributed by atoms with Gasteiger partial charge in [0.1, 0.15) is 5.25 Å². The molecule has 7 heteroatoms. The number of aryl methyl sites for hydroxylation is 1. The first-order chi connectivity index (χ1) is 12.0. The van der Waals surface area contributed by atoms with E-state index in [0.29, 0.717) is 5.17 Å². The van der Waals surface area contributed by atoms with E-state index in [2.05, 4.69) is 38.2 Å². The molecule has 1 aliphatic rings. The van der Waals surface area contributed by atoms with Gasteiger partial charge in [-0.1, -0.05) is 30.0 Å². The van der Waals surface area contributed by atoms with E-state index in [1.54, 1.807) is 0 Å². The molecule has 1 saturated heterocycles. The standard InChI is InChI=1S/C18H16IN3O2S/c1-11-9-12(19)7-8-14(11)21-16(23)10-15-17(24)22-18(25-15)20-13-5-3-2-4-6-13/h2-9,15H,10H2,1H3,(H,21,23)(H,20,22,24)/t15-/m1/s1. The number of anilines is 1. The molecule has 1 atom stereocenters. The van der Waals surface area contributed by atoms with Crippen molar-refractivity contribution in [1.82, 2.24) is 5.32 Å². The third kappa shape index (κ3) is 4.82. The molecule has 0 spiro atoms. The largest absolute Gasteiger partial charge is 0.326 e. The van der Waals surface area contributed by atoms with Crippen LogP contribution >= 0.6 is 34.4 Å². The second kappa shape index (κ2) is 8.01. The van der Waals surface area contributed by atoms with E-state index in [0.717, 1.165) is 20.5 Å². The molecule has 2 amide bonds. The fourth-order valence-electron chi connectivity index (χ4n) is 2.35. The van der Waals surface area contributed by atoms with E-state index in [1.807, 2.05) is 55.5 Å². The Kier molecular flexibility index (Phi) is 5.74. The summed E-state index contributed by atoms with van der Waals surface area (Å²) < 4.78 is 1.11. The lowest BCUT2D eigenvalue weighted by atomic mass is 10.2. The number of nitrogens with zero attached hydrogens (tertiary/aromatic N) is 1. The quantitative estimate of drug-likeness (QED) is 0.675. The van der Waals surface area contributed by atoms with Gasteiger partial charge in [0.25, 0.3) is 0 Å². The molecule has 0 bridgehead atoms. The highest BCUT2D eigenvalue weighted by Crippen LogP contribution is 2.26. The number of amides is 2. The van der Waals surface area contributed by atoms with Crippen LogP contribution in [0.4, 0.5) is 11.4 Å². The molecule has 1 fully saturated rings. The Bertz CT molecular complexity index is 839. The number of carbonyl (C=O) groups is 2. The highest BCUT2D eigenvalue weighted by atomic mass is 127. The normalized spacial score (nSPS) is 18.2. The van der Waals surface area contributed by atoms with Gasteiger partial charge in [-0.2, -0.15) is 0 Å². The Labute approximate surface area is 163 Å². The molecule has 0 aromatic heterocycles. The van der Waals surface area contributed by atoms with Gasteiger partial charge in [0.2, 0.25) is 11.8 Å². The van der Waals surface area contributed by atoms with Gasteiger partial charge in [-0.25, -0.2) is 4.99 Å². The van der Waals surface area contributed by atoms with Gasteiger partial charge < -0.3 is 10.6 Å². The zero-order valence-electron chi connectivity index (χ0n) is 13.5. The fraction of sp³-hybridized carbons (Fsp3) is 0.167. The summed E-state index contributed by atoms with van der Waals surface area (Å²) in [6.07, 6.45) is 0.107. The number of para-hydroxylation sites is 1. The van der Waals surface area contributed by atoms with E-state index >= 15 is 0 Å². The van der Waals surface area contributed by atoms with Gasteiger partial charge in [0.15, 0.2) is 5.17 Å². The van der Waals surface area contributed by atoms with Crippen LogP contribution in [-0.4, -0.2) is 22.2 Å². The van der Waals surface area contributed by atoms with E-state index < -0.39 is 5.25 Å². The maximum atomic E-state index is 12.3. The minimum absolute atomic E-state index is 0.107. The molecule has 2 aromatic carbocycles. The Morgan fingerprint density at radius 1 is 1.28 bits per heavy atom. The Morgan fingerprint density at radius 2 is 2.04 bits per heavy atom. The van der Waals surface area contributed by atoms with Gasteiger partial charge in [0.05, 0.1) is 5.69 Å². The lowest BCUT2D eigenvalue weighted by Crippen LogP contribution is -2.28. The summed E-state index contributed by atoms with van der Waals surface area (Å²) in [4.78, 5) is 28.7. The van der Waals surface area contributed by atoms with E-state index in [4.69, 9.17) is 0 Å². The van der Waals surface area contributed by atoms with Crippen LogP contribution in [-0.2, 0) is 9.59 Å². The number of rotatable bonds is 4. The van der Waals surface area contributed by atoms with Crippen LogP contribution in [0.1, 0.15) is 12.0 Å². The summed E-state index contributed by atoms with van der Waals surface area (Å²) >= 11 is 3.51. The maximum absolute atomic E-state index is 12.3. The van der Waals surface area contributed by atoms with Crippen molar-refractivity contribution in [2.24, 2.45) is 4.99 Å². The van der Waals surface area contributed by atoms with Crippen molar-refractivity contribution in [1.29, 1.82) is 0 Å². The molecule has 2 N–H and O–H groups in total. The van der Waals surface area contributed by atoms with Crippen molar-refractivity contribution < 1.29 is 9.59 Å². The number of halogens is 1. The van der Waals surface area contributed by atoms with E-state index in [1.165, 1.54) is 11.8 Å². The first kappa shape index (κ1) is 17.9. The summed E-state index contributed by atoms with van der Waals surface area (Å²) in [5.41, 5.74) is 2.53. The third-order valence-corrected chi connectivity index (χ3v) is 5.35. The third-order valence-electron chi connectivity index (χ3n) is 3.60. The molecule has 1 aliphatic heterocycles. The van der Waals surface area contributed by atoms with Crippen LogP contribution in [0.15, 0.2) is 53.5 Å². The van der Waals surface area contributed by atoms with Gasteiger partial charge in [-0.3, -0.25) is 9.59 Å². The lowest BCUT2D eigenvalue weighted by Gasteiger charge is -2.10. The number of carbonyl (C=O) groups excluding carboxylic acids is 2. The highest BCUT2D eigenvalue weighted by Gasteiger charge is 2.32. The molecule has 5 nitrogen and oxygen atoms in total. The minimum Gasteiger partial charge on any atom is -0.326 e. The Hall–Kier alpha value is -1.87. The zero-order chi connectivity index (χ0) is 17.8. The number of aliphatic imine (C=N–C) groups is 1. The average molecular weight is 465 g/mol. The second-order valence-electron chi connectivity index (χ2n) is 5.56. The van der Waals surface area contributed by atoms with Crippen LogP contribution in [0.5, 0.6) is 0 Å². The molecule has 0 aliphatic carbocycles. The Morgan fingerprint density at radius 3 is 2.76 bits per heavy atom. The molecule has 1 heterocycles. The summed E-state index contributed by atoms with van der Waals surface area (Å²) in [6, 6.07) is 15.2. The van der Waals surface area contributed by atoms with Crippen LogP contribution in [0.25, 0.3) is 0 Å². The van der Waals surface area contributed by atoms with Crippen LogP contribution in [0.2, 0.25) is 0 Å². The number of nitrogens with one attached hydrogen (secondary N) is 2. The first-order valence-electron chi connectivity index (χ1n) is 7.68. The van der Waals surface area contributed by atoms with Gasteiger partial charge in [0, 0.05) is 15.7 Å². The number of thioether (sulfide) groups is 1. The number of hydrogen-bond donors (Lipinski definition) is 2. The second-order valence-corrected chi connectivity index (χ2v) is 8.00. The van der Waals surface area contributed by atoms with Crippen LogP contribution in [0, 0.1) is 10.5 Å². The summed E-state index contributed by atoms with van der Waals surface area (Å²) in [5.74, 6) is -0.368. The van der Waals surface area contributed by atoms with Crippen molar-refractivity contribution in [3.05, 3.63) is 57.7 Å². The Balaban J connectivity index is 1.62. The van der Waals surface area contributed by atoms with Crippen molar-refractivity contribution in [2.45, 2.75) is 18.6 Å². The monoisotopic (exact) mass is 465 g/mol. The molecular weight excluding hydrogens is 449 g/mol. The van der Waals surface area contributed by atoms with Gasteiger partial charge in [-0.05, 0) is 65.4 Å². The highest BCUT2D eigenvalue weighted by molar-refractivity contribution is 14.1. The van der Waals surface area contributed by atoms with Gasteiger partial charge in [-0.15, -0.1) is 0 Å². The van der Waals surface area contributed by atoms with Gasteiger partial charge >= 0.3 is 0 Å². The van der Waals surface area contributed by atoms with Crippen LogP contribution < -0.4 is 10.6 Å². The minimum atomic E-state index is -0.466. The number of benzene rings is 2. The SMILES string of the molecule is Cc1cc(I)ccc1NC(=O)C[C@H]1SC(=Nc2ccccc2)NC1=O. The summed E-state index contributed by atoms with van der Waals surface area (Å²) in [5, 5.41) is 5.67. The predicted octanol–water partition coefficient (Wildman–Crippen LogP) is 3.85. The smallest absolute Gasteiger partial charge is 0.240 e. The van der Waals surface area contributed by atoms with E-state index in [9.17, 15) is 9.59 Å². The average Bonchev–Trinajstić information content (AvgIpc) is 2.90. The van der Waals surface area contributed by atoms with Crippen molar-refractivity contribution in [2.75, 3.05) is 5.32 Å². The molecular formula is C18H16IN3O2S. The lowest BCUT2D eigenvalue weighted by molar-refractivity contribution is -0.122. The fourth-order valence-corrected chi connectivity index (χ4v) is 3.98. The van der Waals surface area contributed by atoms with Crippen molar-refractivity contribution in [3.8, 4) is 0 Å². The summed E-state index contributed by atoms with van der Waals surface area (Å²) in [6.45, 7) is 1.94. The molecule has 0 saturated carbocycles.